The van der Waals surface area contributed by atoms with Crippen LogP contribution in [0.5, 0.6) is 0 Å². The van der Waals surface area contributed by atoms with E-state index in [0.717, 1.165) is 6.42 Å². The summed E-state index contributed by atoms with van der Waals surface area (Å²) in [4.78, 5) is 1.96. The molecule has 74 valence electrons. The lowest BCUT2D eigenvalue weighted by atomic mass is 9.56. The van der Waals surface area contributed by atoms with Gasteiger partial charge < -0.3 is 4.90 Å². The maximum Gasteiger partial charge on any atom is 0.125 e. The molecule has 5 heteroatoms. The first kappa shape index (κ1) is 10.5. The Balaban J connectivity index is 2.35. The van der Waals surface area contributed by atoms with Gasteiger partial charge in [-0.05, 0) is 32.2 Å². The molecule has 3 rings (SSSR count). The minimum Gasteiger partial charge on any atom is -0.303 e. The molecule has 2 saturated heterocycles. The summed E-state index contributed by atoms with van der Waals surface area (Å²) in [5.41, 5.74) is -4.77. The second-order valence-corrected chi connectivity index (χ2v) is 4.70. The van der Waals surface area contributed by atoms with E-state index in [4.69, 9.17) is 15.7 Å². The Morgan fingerprint density at radius 1 is 1.29 bits per heavy atom. The van der Waals surface area contributed by atoms with Crippen LogP contribution in [0.2, 0.25) is 0 Å². The Hall–Kier alpha value is -0.0501. The normalized spacial score (nSPS) is 54.5. The van der Waals surface area contributed by atoms with Crippen LogP contribution in [-0.4, -0.2) is 51.4 Å². The van der Waals surface area contributed by atoms with Crippen molar-refractivity contribution in [3.8, 4) is 0 Å². The molecule has 4 radical (unpaired) electrons. The predicted octanol–water partition coefficient (Wildman–Crippen LogP) is 0.769. The molecular formula is C9H13B2F2N. The smallest absolute Gasteiger partial charge is 0.125 e. The number of halogens is 2. The van der Waals surface area contributed by atoms with E-state index < -0.39 is 17.1 Å². The predicted molar refractivity (Wildman–Crippen MR) is 52.9 cm³/mol. The maximum atomic E-state index is 14.0. The standard InChI is InChI=1S/C9H13B2F2N/c1-14-5-6-2-3-7(14)4-8(10,12)9(6,11)13/h6-7H,2-5H2,1H3. The maximum absolute atomic E-state index is 14.0. The van der Waals surface area contributed by atoms with Gasteiger partial charge in [-0.25, -0.2) is 0 Å². The third-order valence-electron chi connectivity index (χ3n) is 3.74. The van der Waals surface area contributed by atoms with Crippen LogP contribution in [0.1, 0.15) is 19.3 Å². The van der Waals surface area contributed by atoms with E-state index in [0.29, 0.717) is 13.0 Å². The van der Waals surface area contributed by atoms with Gasteiger partial charge in [-0.3, -0.25) is 8.78 Å². The molecule has 0 amide bonds. The van der Waals surface area contributed by atoms with Gasteiger partial charge in [0.2, 0.25) is 0 Å². The zero-order valence-electron chi connectivity index (χ0n) is 8.34. The summed E-state index contributed by atoms with van der Waals surface area (Å²) in [5, 5.41) is 0. The van der Waals surface area contributed by atoms with Gasteiger partial charge >= 0.3 is 0 Å². The molecule has 2 bridgehead atoms. The lowest BCUT2D eigenvalue weighted by Crippen LogP contribution is -2.53. The Kier molecular flexibility index (Phi) is 2.22. The summed E-state index contributed by atoms with van der Waals surface area (Å²) in [6, 6.07) is 0.0300. The largest absolute Gasteiger partial charge is 0.303 e. The number of nitrogens with zero attached hydrogens (tertiary/aromatic N) is 1. The van der Waals surface area contributed by atoms with E-state index >= 15 is 0 Å². The van der Waals surface area contributed by atoms with Gasteiger partial charge in [-0.1, -0.05) is 0 Å². The first-order valence-corrected chi connectivity index (χ1v) is 5.00. The van der Waals surface area contributed by atoms with Crippen molar-refractivity contribution in [3.05, 3.63) is 0 Å². The summed E-state index contributed by atoms with van der Waals surface area (Å²) >= 11 is 0. The highest BCUT2D eigenvalue weighted by Crippen LogP contribution is 2.46. The van der Waals surface area contributed by atoms with Crippen molar-refractivity contribution in [1.82, 2.24) is 4.90 Å². The first-order chi connectivity index (χ1) is 6.34. The minimum atomic E-state index is -2.39. The average Bonchev–Trinajstić information content (AvgIpc) is 2.17. The number of piperidine rings is 1. The third kappa shape index (κ3) is 1.32. The van der Waals surface area contributed by atoms with Crippen molar-refractivity contribution in [2.45, 2.75) is 36.4 Å². The molecule has 1 aliphatic carbocycles. The molecule has 14 heavy (non-hydrogen) atoms. The summed E-state index contributed by atoms with van der Waals surface area (Å²) < 4.78 is 27.9. The quantitative estimate of drug-likeness (QED) is 0.516. The van der Waals surface area contributed by atoms with Gasteiger partial charge in [0.25, 0.3) is 0 Å². The zero-order chi connectivity index (χ0) is 10.6. The lowest BCUT2D eigenvalue weighted by molar-refractivity contribution is 0.0446. The Morgan fingerprint density at radius 2 is 1.93 bits per heavy atom. The zero-order valence-corrected chi connectivity index (χ0v) is 8.34. The monoisotopic (exact) mass is 195 g/mol. The number of rotatable bonds is 0. The Bertz CT molecular complexity index is 245. The summed E-state index contributed by atoms with van der Waals surface area (Å²) in [6.45, 7) is 0.501. The summed E-state index contributed by atoms with van der Waals surface area (Å²) in [6.07, 6.45) is 1.41. The van der Waals surface area contributed by atoms with Gasteiger partial charge in [0.05, 0.1) is 11.1 Å². The van der Waals surface area contributed by atoms with Crippen LogP contribution in [-0.2, 0) is 0 Å². The second kappa shape index (κ2) is 2.97. The molecule has 1 nitrogen and oxygen atoms in total. The average molecular weight is 195 g/mol. The molecule has 2 aliphatic heterocycles. The fourth-order valence-electron chi connectivity index (χ4n) is 2.64. The number of hydrogen-bond donors (Lipinski definition) is 0. The molecule has 3 fully saturated rings. The van der Waals surface area contributed by atoms with Gasteiger partial charge in [-0.2, -0.15) is 0 Å². The molecule has 0 spiro atoms. The molecule has 0 aromatic heterocycles. The second-order valence-electron chi connectivity index (χ2n) is 4.70. The van der Waals surface area contributed by atoms with E-state index in [9.17, 15) is 8.78 Å². The van der Waals surface area contributed by atoms with Crippen LogP contribution in [0, 0.1) is 5.92 Å². The van der Waals surface area contributed by atoms with Crippen molar-refractivity contribution in [3.63, 3.8) is 0 Å². The van der Waals surface area contributed by atoms with E-state index in [2.05, 4.69) is 0 Å². The molecule has 0 aromatic carbocycles. The minimum absolute atomic E-state index is 0.00694. The SMILES string of the molecule is [B]C1(F)CC2CCC(CN2C)C1([B])F. The Morgan fingerprint density at radius 3 is 2.50 bits per heavy atom. The van der Waals surface area contributed by atoms with Crippen LogP contribution < -0.4 is 0 Å². The fraction of sp³-hybridized carbons (Fsp3) is 1.00. The summed E-state index contributed by atoms with van der Waals surface area (Å²) in [5.74, 6) is -0.485. The molecule has 0 N–H and O–H groups in total. The van der Waals surface area contributed by atoms with Crippen LogP contribution in [0.15, 0.2) is 0 Å². The van der Waals surface area contributed by atoms with E-state index in [-0.39, 0.29) is 12.5 Å². The fourth-order valence-corrected chi connectivity index (χ4v) is 2.64. The van der Waals surface area contributed by atoms with Crippen molar-refractivity contribution >= 4 is 15.7 Å². The molecule has 4 atom stereocenters. The van der Waals surface area contributed by atoms with Crippen molar-refractivity contribution in [2.75, 3.05) is 13.6 Å². The topological polar surface area (TPSA) is 3.24 Å². The highest BCUT2D eigenvalue weighted by atomic mass is 19.2. The van der Waals surface area contributed by atoms with Crippen molar-refractivity contribution in [1.29, 1.82) is 0 Å². The van der Waals surface area contributed by atoms with Gasteiger partial charge in [0.1, 0.15) is 15.7 Å². The van der Waals surface area contributed by atoms with Crippen LogP contribution >= 0.6 is 0 Å². The van der Waals surface area contributed by atoms with Crippen molar-refractivity contribution < 1.29 is 8.78 Å². The highest BCUT2D eigenvalue weighted by molar-refractivity contribution is 6.25. The van der Waals surface area contributed by atoms with E-state index in [1.807, 2.05) is 11.9 Å². The number of fused-ring (bicyclic) bond motifs is 4. The lowest BCUT2D eigenvalue weighted by Gasteiger charge is -2.39. The third-order valence-corrected chi connectivity index (χ3v) is 3.74. The molecule has 4 unspecified atom stereocenters. The molecular weight excluding hydrogens is 182 g/mol. The van der Waals surface area contributed by atoms with Crippen molar-refractivity contribution in [2.24, 2.45) is 5.92 Å². The van der Waals surface area contributed by atoms with Crippen LogP contribution in [0.4, 0.5) is 8.78 Å². The molecule has 1 saturated carbocycles. The molecule has 0 aromatic rings. The van der Waals surface area contributed by atoms with Gasteiger partial charge in [0, 0.05) is 12.6 Å². The first-order valence-electron chi connectivity index (χ1n) is 5.00. The molecule has 2 heterocycles. The highest BCUT2D eigenvalue weighted by Gasteiger charge is 2.55. The molecule has 3 aliphatic rings. The Labute approximate surface area is 86.0 Å². The summed E-state index contributed by atoms with van der Waals surface area (Å²) in [7, 11) is 12.6. The van der Waals surface area contributed by atoms with E-state index in [1.54, 1.807) is 0 Å². The van der Waals surface area contributed by atoms with Gasteiger partial charge in [-0.15, -0.1) is 0 Å². The van der Waals surface area contributed by atoms with Crippen LogP contribution in [0.25, 0.3) is 0 Å². The van der Waals surface area contributed by atoms with Gasteiger partial charge in [0.15, 0.2) is 0 Å². The van der Waals surface area contributed by atoms with E-state index in [1.165, 1.54) is 0 Å². The number of hydrogen-bond acceptors (Lipinski definition) is 1. The number of alkyl halides is 2. The van der Waals surface area contributed by atoms with Crippen LogP contribution in [0.3, 0.4) is 0 Å².